The van der Waals surface area contributed by atoms with Crippen LogP contribution < -0.4 is 20.1 Å². The molecule has 3 rings (SSSR count). The molecule has 33 heavy (non-hydrogen) atoms. The number of hydrazone groups is 1. The van der Waals surface area contributed by atoms with Crippen LogP contribution in [0.25, 0.3) is 0 Å². The van der Waals surface area contributed by atoms with Crippen LogP contribution in [0.5, 0.6) is 11.5 Å². The fourth-order valence-corrected chi connectivity index (χ4v) is 2.77. The van der Waals surface area contributed by atoms with Gasteiger partial charge in [-0.15, -0.1) is 0 Å². The highest BCUT2D eigenvalue weighted by Gasteiger charge is 2.30. The number of nitrogens with zero attached hydrogens (tertiary/aromatic N) is 2. The van der Waals surface area contributed by atoms with Crippen molar-refractivity contribution in [3.63, 3.8) is 0 Å². The summed E-state index contributed by atoms with van der Waals surface area (Å²) in [6, 6.07) is 8.28. The van der Waals surface area contributed by atoms with E-state index in [4.69, 9.17) is 9.47 Å². The van der Waals surface area contributed by atoms with Gasteiger partial charge in [0.15, 0.2) is 18.1 Å². The number of urea groups is 1. The summed E-state index contributed by atoms with van der Waals surface area (Å²) in [5, 5.41) is 9.34. The second-order valence-corrected chi connectivity index (χ2v) is 6.71. The molecule has 9 nitrogen and oxygen atoms in total. The zero-order chi connectivity index (χ0) is 24.0. The van der Waals surface area contributed by atoms with E-state index >= 15 is 0 Å². The summed E-state index contributed by atoms with van der Waals surface area (Å²) in [5.41, 5.74) is -0.362. The fourth-order valence-electron chi connectivity index (χ4n) is 2.77. The Morgan fingerprint density at radius 2 is 1.97 bits per heavy atom. The molecule has 2 aromatic carbocycles. The standard InChI is InChI=1S/C21H19F3N4O5/c1-2-32-17-8-13(10-25-28-11-18(29)27-20(28)31)6-7-16(17)33-12-19(30)26-15-5-3-4-14(9-15)21(22,23)24/h3-10H,2,11-12H2,1H3,(H,26,30)(H,27,29,31)/b25-10+. The first-order valence-electron chi connectivity index (χ1n) is 9.68. The van der Waals surface area contributed by atoms with Crippen LogP contribution in [-0.4, -0.2) is 48.8 Å². The maximum absolute atomic E-state index is 12.8. The van der Waals surface area contributed by atoms with Gasteiger partial charge in [0.2, 0.25) is 5.91 Å². The molecule has 1 heterocycles. The van der Waals surface area contributed by atoms with E-state index in [2.05, 4.69) is 15.7 Å². The van der Waals surface area contributed by atoms with Gasteiger partial charge in [-0.25, -0.2) is 9.80 Å². The predicted octanol–water partition coefficient (Wildman–Crippen LogP) is 3.01. The number of carbonyl (C=O) groups excluding carboxylic acids is 3. The van der Waals surface area contributed by atoms with Crippen molar-refractivity contribution in [2.75, 3.05) is 25.1 Å². The molecule has 0 bridgehead atoms. The number of ether oxygens (including phenoxy) is 2. The minimum absolute atomic E-state index is 0.0144. The van der Waals surface area contributed by atoms with Crippen molar-refractivity contribution < 1.29 is 37.0 Å². The minimum Gasteiger partial charge on any atom is -0.490 e. The van der Waals surface area contributed by atoms with Crippen LogP contribution >= 0.6 is 0 Å². The fraction of sp³-hybridized carbons (Fsp3) is 0.238. The maximum Gasteiger partial charge on any atom is 0.416 e. The average Bonchev–Trinajstić information content (AvgIpc) is 3.08. The van der Waals surface area contributed by atoms with Crippen molar-refractivity contribution in [1.29, 1.82) is 0 Å². The molecule has 1 aliphatic rings. The maximum atomic E-state index is 12.8. The number of benzene rings is 2. The highest BCUT2D eigenvalue weighted by molar-refractivity contribution is 6.02. The van der Waals surface area contributed by atoms with Gasteiger partial charge in [-0.05, 0) is 48.9 Å². The number of imide groups is 1. The van der Waals surface area contributed by atoms with Crippen molar-refractivity contribution in [1.82, 2.24) is 10.3 Å². The molecule has 1 fully saturated rings. The molecule has 0 radical (unpaired) electrons. The molecule has 0 saturated carbocycles. The van der Waals surface area contributed by atoms with Crippen molar-refractivity contribution in [3.05, 3.63) is 53.6 Å². The summed E-state index contributed by atoms with van der Waals surface area (Å²) < 4.78 is 49.4. The van der Waals surface area contributed by atoms with Gasteiger partial charge >= 0.3 is 12.2 Å². The summed E-state index contributed by atoms with van der Waals surface area (Å²) in [6.07, 6.45) is -3.17. The number of nitrogens with one attached hydrogen (secondary N) is 2. The molecule has 2 aromatic rings. The highest BCUT2D eigenvalue weighted by Crippen LogP contribution is 2.31. The van der Waals surface area contributed by atoms with Crippen LogP contribution in [-0.2, 0) is 15.8 Å². The number of rotatable bonds is 8. The lowest BCUT2D eigenvalue weighted by Crippen LogP contribution is -2.24. The van der Waals surface area contributed by atoms with Crippen molar-refractivity contribution >= 4 is 29.7 Å². The lowest BCUT2D eigenvalue weighted by molar-refractivity contribution is -0.137. The zero-order valence-electron chi connectivity index (χ0n) is 17.3. The van der Waals surface area contributed by atoms with E-state index in [9.17, 15) is 27.6 Å². The summed E-state index contributed by atoms with van der Waals surface area (Å²) in [5.74, 6) is -0.607. The molecular formula is C21H19F3N4O5. The Balaban J connectivity index is 1.63. The van der Waals surface area contributed by atoms with Crippen LogP contribution in [0, 0.1) is 0 Å². The number of halogens is 3. The first-order chi connectivity index (χ1) is 15.7. The first kappa shape index (κ1) is 23.6. The number of alkyl halides is 3. The van der Waals surface area contributed by atoms with E-state index in [0.29, 0.717) is 5.56 Å². The van der Waals surface area contributed by atoms with E-state index in [0.717, 1.165) is 17.1 Å². The molecule has 1 aliphatic heterocycles. The van der Waals surface area contributed by atoms with Gasteiger partial charge in [0, 0.05) is 5.69 Å². The van der Waals surface area contributed by atoms with Gasteiger partial charge in [0.25, 0.3) is 5.91 Å². The molecule has 0 aromatic heterocycles. The van der Waals surface area contributed by atoms with Crippen molar-refractivity contribution in [2.45, 2.75) is 13.1 Å². The van der Waals surface area contributed by atoms with E-state index in [-0.39, 0.29) is 30.3 Å². The van der Waals surface area contributed by atoms with Gasteiger partial charge in [-0.3, -0.25) is 14.9 Å². The molecule has 4 amide bonds. The topological polar surface area (TPSA) is 109 Å². The Hall–Kier alpha value is -4.09. The lowest BCUT2D eigenvalue weighted by Gasteiger charge is -2.13. The lowest BCUT2D eigenvalue weighted by atomic mass is 10.2. The Labute approximate surface area is 186 Å². The average molecular weight is 464 g/mol. The molecule has 12 heteroatoms. The smallest absolute Gasteiger partial charge is 0.416 e. The van der Waals surface area contributed by atoms with Crippen molar-refractivity contribution in [2.24, 2.45) is 5.10 Å². The normalized spacial score (nSPS) is 13.9. The second kappa shape index (κ2) is 10.0. The quantitative estimate of drug-likeness (QED) is 0.461. The minimum atomic E-state index is -4.53. The summed E-state index contributed by atoms with van der Waals surface area (Å²) in [6.45, 7) is 1.37. The Kier molecular flexibility index (Phi) is 7.16. The molecule has 0 aliphatic carbocycles. The second-order valence-electron chi connectivity index (χ2n) is 6.71. The van der Waals surface area contributed by atoms with Gasteiger partial charge < -0.3 is 14.8 Å². The largest absolute Gasteiger partial charge is 0.490 e. The van der Waals surface area contributed by atoms with E-state index < -0.39 is 36.2 Å². The molecule has 0 unspecified atom stereocenters. The number of hydrogen-bond acceptors (Lipinski definition) is 6. The van der Waals surface area contributed by atoms with E-state index in [1.165, 1.54) is 24.4 Å². The van der Waals surface area contributed by atoms with Crippen LogP contribution in [0.3, 0.4) is 0 Å². The number of carbonyl (C=O) groups is 3. The molecule has 0 atom stereocenters. The third-order valence-corrected chi connectivity index (χ3v) is 4.22. The molecule has 174 valence electrons. The Morgan fingerprint density at radius 1 is 1.18 bits per heavy atom. The van der Waals surface area contributed by atoms with Gasteiger partial charge in [-0.1, -0.05) is 6.07 Å². The van der Waals surface area contributed by atoms with Gasteiger partial charge in [-0.2, -0.15) is 18.3 Å². The summed E-state index contributed by atoms with van der Waals surface area (Å²) in [4.78, 5) is 34.9. The Bertz CT molecular complexity index is 1090. The van der Waals surface area contributed by atoms with Crippen LogP contribution in [0.15, 0.2) is 47.6 Å². The summed E-state index contributed by atoms with van der Waals surface area (Å²) in [7, 11) is 0. The molecule has 0 spiro atoms. The molecule has 1 saturated heterocycles. The number of anilines is 1. The van der Waals surface area contributed by atoms with Crippen LogP contribution in [0.2, 0.25) is 0 Å². The van der Waals surface area contributed by atoms with Crippen molar-refractivity contribution in [3.8, 4) is 11.5 Å². The third kappa shape index (κ3) is 6.45. The predicted molar refractivity (Wildman–Crippen MR) is 111 cm³/mol. The van der Waals surface area contributed by atoms with E-state index in [1.807, 2.05) is 0 Å². The monoisotopic (exact) mass is 464 g/mol. The Morgan fingerprint density at radius 3 is 2.64 bits per heavy atom. The third-order valence-electron chi connectivity index (χ3n) is 4.22. The SMILES string of the molecule is CCOc1cc(/C=N/N2CC(=O)NC2=O)ccc1OCC(=O)Nc1cccc(C(F)(F)F)c1. The summed E-state index contributed by atoms with van der Waals surface area (Å²) >= 11 is 0. The van der Waals surface area contributed by atoms with Gasteiger partial charge in [0.1, 0.15) is 6.54 Å². The molecule has 2 N–H and O–H groups in total. The highest BCUT2D eigenvalue weighted by atomic mass is 19.4. The van der Waals surface area contributed by atoms with Crippen LogP contribution in [0.1, 0.15) is 18.1 Å². The zero-order valence-corrected chi connectivity index (χ0v) is 17.3. The number of amides is 4. The first-order valence-corrected chi connectivity index (χ1v) is 9.68. The molecular weight excluding hydrogens is 445 g/mol. The van der Waals surface area contributed by atoms with E-state index in [1.54, 1.807) is 19.1 Å². The van der Waals surface area contributed by atoms with Gasteiger partial charge in [0.05, 0.1) is 18.4 Å². The van der Waals surface area contributed by atoms with Crippen LogP contribution in [0.4, 0.5) is 23.7 Å². The number of hydrogen-bond donors (Lipinski definition) is 2.